The molecule has 0 aliphatic heterocycles. The van der Waals surface area contributed by atoms with Gasteiger partial charge in [-0.25, -0.2) is 9.67 Å². The van der Waals surface area contributed by atoms with E-state index in [1.165, 1.54) is 11.8 Å². The molecule has 0 atom stereocenters. The highest BCUT2D eigenvalue weighted by atomic mass is 32.2. The van der Waals surface area contributed by atoms with E-state index in [2.05, 4.69) is 20.5 Å². The Morgan fingerprint density at radius 1 is 1.29 bits per heavy atom. The van der Waals surface area contributed by atoms with Crippen molar-refractivity contribution < 1.29 is 4.79 Å². The fourth-order valence-corrected chi connectivity index (χ4v) is 3.07. The standard InChI is InChI=1S/C14H11N5OS/c20-8-10-7-9-3-1-2-4-12(9)15-13(10)21-14-16-17-18-19(14)11-5-6-11/h1-4,7-8,11H,5-6H2. The number of carbonyl (C=O) groups excluding carboxylic acids is 1. The Morgan fingerprint density at radius 3 is 2.95 bits per heavy atom. The van der Waals surface area contributed by atoms with Gasteiger partial charge in [0.15, 0.2) is 6.29 Å². The minimum atomic E-state index is 0.391. The van der Waals surface area contributed by atoms with Gasteiger partial charge in [-0.1, -0.05) is 18.2 Å². The first-order valence-corrected chi connectivity index (χ1v) is 7.47. The van der Waals surface area contributed by atoms with Crippen molar-refractivity contribution in [3.05, 3.63) is 35.9 Å². The lowest BCUT2D eigenvalue weighted by Gasteiger charge is -2.06. The molecule has 0 bridgehead atoms. The molecular weight excluding hydrogens is 286 g/mol. The number of fused-ring (bicyclic) bond motifs is 1. The number of pyridine rings is 1. The van der Waals surface area contributed by atoms with Crippen LogP contribution in [-0.4, -0.2) is 31.5 Å². The van der Waals surface area contributed by atoms with Crippen LogP contribution in [0.3, 0.4) is 0 Å². The van der Waals surface area contributed by atoms with Crippen LogP contribution in [0.4, 0.5) is 0 Å². The maximum atomic E-state index is 11.3. The van der Waals surface area contributed by atoms with E-state index >= 15 is 0 Å². The van der Waals surface area contributed by atoms with E-state index in [0.29, 0.717) is 21.8 Å². The maximum Gasteiger partial charge on any atom is 0.215 e. The van der Waals surface area contributed by atoms with Gasteiger partial charge in [0.25, 0.3) is 0 Å². The number of hydrogen-bond acceptors (Lipinski definition) is 6. The van der Waals surface area contributed by atoms with Crippen LogP contribution in [0, 0.1) is 0 Å². The van der Waals surface area contributed by atoms with Crippen molar-refractivity contribution in [2.45, 2.75) is 29.1 Å². The summed E-state index contributed by atoms with van der Waals surface area (Å²) in [5, 5.41) is 14.0. The fraction of sp³-hybridized carbons (Fsp3) is 0.214. The van der Waals surface area contributed by atoms with Gasteiger partial charge in [0.1, 0.15) is 5.03 Å². The Morgan fingerprint density at radius 2 is 2.14 bits per heavy atom. The highest BCUT2D eigenvalue weighted by molar-refractivity contribution is 7.99. The average Bonchev–Trinajstić information content (AvgIpc) is 3.26. The molecule has 3 aromatic rings. The second-order valence-corrected chi connectivity index (χ2v) is 5.89. The molecule has 6 nitrogen and oxygen atoms in total. The molecule has 2 heterocycles. The Kier molecular flexibility index (Phi) is 2.92. The Bertz CT molecular complexity index is 827. The van der Waals surface area contributed by atoms with E-state index in [1.807, 2.05) is 35.0 Å². The number of aromatic nitrogens is 5. The van der Waals surface area contributed by atoms with Gasteiger partial charge >= 0.3 is 0 Å². The van der Waals surface area contributed by atoms with Crippen LogP contribution in [0.2, 0.25) is 0 Å². The lowest BCUT2D eigenvalue weighted by molar-refractivity contribution is 0.112. The van der Waals surface area contributed by atoms with E-state index in [0.717, 1.165) is 30.0 Å². The van der Waals surface area contributed by atoms with Gasteiger partial charge in [0.2, 0.25) is 5.16 Å². The van der Waals surface area contributed by atoms with Crippen LogP contribution in [0.15, 0.2) is 40.5 Å². The molecule has 1 aliphatic rings. The summed E-state index contributed by atoms with van der Waals surface area (Å²) >= 11 is 1.34. The zero-order valence-electron chi connectivity index (χ0n) is 11.0. The number of para-hydroxylation sites is 1. The molecule has 1 aliphatic carbocycles. The lowest BCUT2D eigenvalue weighted by Crippen LogP contribution is -2.00. The topological polar surface area (TPSA) is 73.6 Å². The second-order valence-electron chi connectivity index (χ2n) is 4.93. The summed E-state index contributed by atoms with van der Waals surface area (Å²) in [6.45, 7) is 0. The van der Waals surface area contributed by atoms with Gasteiger partial charge in [0, 0.05) is 10.9 Å². The largest absolute Gasteiger partial charge is 0.298 e. The first-order valence-electron chi connectivity index (χ1n) is 6.66. The minimum absolute atomic E-state index is 0.391. The van der Waals surface area contributed by atoms with Gasteiger partial charge in [-0.05, 0) is 47.2 Å². The smallest absolute Gasteiger partial charge is 0.215 e. The molecule has 0 N–H and O–H groups in total. The Balaban J connectivity index is 1.77. The third-order valence-corrected chi connectivity index (χ3v) is 4.36. The molecule has 0 saturated heterocycles. The molecule has 0 radical (unpaired) electrons. The normalized spacial score (nSPS) is 14.5. The molecule has 4 rings (SSSR count). The van der Waals surface area contributed by atoms with Gasteiger partial charge in [0.05, 0.1) is 11.6 Å². The van der Waals surface area contributed by atoms with Crippen LogP contribution >= 0.6 is 11.8 Å². The molecule has 1 fully saturated rings. The van der Waals surface area contributed by atoms with E-state index < -0.39 is 0 Å². The molecule has 1 saturated carbocycles. The summed E-state index contributed by atoms with van der Waals surface area (Å²) in [5.41, 5.74) is 1.42. The predicted molar refractivity (Wildman–Crippen MR) is 77.3 cm³/mol. The summed E-state index contributed by atoms with van der Waals surface area (Å²) in [5.74, 6) is 0. The van der Waals surface area contributed by atoms with Crippen LogP contribution in [0.1, 0.15) is 29.2 Å². The molecule has 0 unspecified atom stereocenters. The highest BCUT2D eigenvalue weighted by Crippen LogP contribution is 2.38. The predicted octanol–water partition coefficient (Wildman–Crippen LogP) is 2.52. The zero-order chi connectivity index (χ0) is 14.2. The van der Waals surface area contributed by atoms with Crippen molar-refractivity contribution in [1.82, 2.24) is 25.2 Å². The quantitative estimate of drug-likeness (QED) is 0.689. The number of hydrogen-bond donors (Lipinski definition) is 0. The Hall–Kier alpha value is -2.28. The van der Waals surface area contributed by atoms with Gasteiger partial charge in [-0.3, -0.25) is 4.79 Å². The molecule has 104 valence electrons. The summed E-state index contributed by atoms with van der Waals surface area (Å²) in [6.07, 6.45) is 3.03. The summed E-state index contributed by atoms with van der Waals surface area (Å²) in [4.78, 5) is 15.9. The van der Waals surface area contributed by atoms with Crippen molar-refractivity contribution in [2.75, 3.05) is 0 Å². The minimum Gasteiger partial charge on any atom is -0.298 e. The molecule has 7 heteroatoms. The van der Waals surface area contributed by atoms with Crippen LogP contribution in [0.25, 0.3) is 10.9 Å². The molecule has 0 amide bonds. The molecular formula is C14H11N5OS. The molecule has 21 heavy (non-hydrogen) atoms. The zero-order valence-corrected chi connectivity index (χ0v) is 11.8. The van der Waals surface area contributed by atoms with E-state index in [9.17, 15) is 4.79 Å². The van der Waals surface area contributed by atoms with Gasteiger partial charge in [-0.15, -0.1) is 5.10 Å². The number of nitrogens with zero attached hydrogens (tertiary/aromatic N) is 5. The molecule has 2 aromatic heterocycles. The monoisotopic (exact) mass is 297 g/mol. The van der Waals surface area contributed by atoms with E-state index in [1.54, 1.807) is 0 Å². The van der Waals surface area contributed by atoms with Gasteiger partial charge in [-0.2, -0.15) is 0 Å². The number of carbonyl (C=O) groups is 1. The van der Waals surface area contributed by atoms with Crippen LogP contribution < -0.4 is 0 Å². The third-order valence-electron chi connectivity index (χ3n) is 3.39. The SMILES string of the molecule is O=Cc1cc2ccccc2nc1Sc1nnnn1C1CC1. The maximum absolute atomic E-state index is 11.3. The van der Waals surface area contributed by atoms with Crippen LogP contribution in [0.5, 0.6) is 0 Å². The fourth-order valence-electron chi connectivity index (χ4n) is 2.17. The second kappa shape index (κ2) is 4.92. The number of tetrazole rings is 1. The lowest BCUT2D eigenvalue weighted by atomic mass is 10.2. The number of aldehydes is 1. The summed E-state index contributed by atoms with van der Waals surface area (Å²) < 4.78 is 1.82. The van der Waals surface area contributed by atoms with Crippen molar-refractivity contribution >= 4 is 29.0 Å². The Labute approximate surface area is 124 Å². The van der Waals surface area contributed by atoms with Crippen molar-refractivity contribution in [1.29, 1.82) is 0 Å². The van der Waals surface area contributed by atoms with Crippen molar-refractivity contribution in [3.63, 3.8) is 0 Å². The molecule has 1 aromatic carbocycles. The van der Waals surface area contributed by atoms with Gasteiger partial charge < -0.3 is 0 Å². The van der Waals surface area contributed by atoms with Crippen LogP contribution in [-0.2, 0) is 0 Å². The first-order chi connectivity index (χ1) is 10.3. The summed E-state index contributed by atoms with van der Waals surface area (Å²) in [7, 11) is 0. The van der Waals surface area contributed by atoms with Crippen molar-refractivity contribution in [2.24, 2.45) is 0 Å². The average molecular weight is 297 g/mol. The van der Waals surface area contributed by atoms with E-state index in [-0.39, 0.29) is 0 Å². The highest BCUT2D eigenvalue weighted by Gasteiger charge is 2.28. The van der Waals surface area contributed by atoms with Crippen molar-refractivity contribution in [3.8, 4) is 0 Å². The first kappa shape index (κ1) is 12.5. The summed E-state index contributed by atoms with van der Waals surface area (Å²) in [6, 6.07) is 9.97. The third kappa shape index (κ3) is 2.29. The van der Waals surface area contributed by atoms with E-state index in [4.69, 9.17) is 0 Å². The number of rotatable bonds is 4. The molecule has 0 spiro atoms. The number of benzene rings is 1.